The van der Waals surface area contributed by atoms with E-state index in [4.69, 9.17) is 5.73 Å². The van der Waals surface area contributed by atoms with Gasteiger partial charge in [0.15, 0.2) is 0 Å². The molecule has 1 rings (SSSR count). The average Bonchev–Trinajstić information content (AvgIpc) is 2.17. The molecule has 100 valence electrons. The van der Waals surface area contributed by atoms with E-state index in [0.29, 0.717) is 6.47 Å². The van der Waals surface area contributed by atoms with Crippen molar-refractivity contribution in [2.45, 2.75) is 46.1 Å². The minimum absolute atomic E-state index is 0.158. The molecule has 1 amide bonds. The Morgan fingerprint density at radius 2 is 1.82 bits per heavy atom. The highest BCUT2D eigenvalue weighted by Crippen LogP contribution is 2.26. The number of nitrogens with one attached hydrogen (secondary N) is 1. The van der Waals surface area contributed by atoms with Gasteiger partial charge in [0.25, 0.3) is 6.47 Å². The number of hydrogen-bond donors (Lipinski definition) is 2. The van der Waals surface area contributed by atoms with E-state index in [1.54, 1.807) is 0 Å². The molecule has 0 bridgehead atoms. The third-order valence-electron chi connectivity index (χ3n) is 2.70. The number of rotatable bonds is 2. The molecule has 0 aromatic rings. The van der Waals surface area contributed by atoms with Gasteiger partial charge in [0.1, 0.15) is 5.60 Å². The molecule has 0 atom stereocenters. The normalized spacial score (nSPS) is 18.6. The monoisotopic (exact) mass is 244 g/mol. The number of ether oxygens (including phenoxy) is 1. The maximum absolute atomic E-state index is 10.9. The number of amides is 1. The largest absolute Gasteiger partial charge is 0.462 e. The lowest BCUT2D eigenvalue weighted by atomic mass is 9.80. The summed E-state index contributed by atoms with van der Waals surface area (Å²) in [5, 5.41) is 3.19. The van der Waals surface area contributed by atoms with Crippen LogP contribution in [0.15, 0.2) is 0 Å². The Balaban J connectivity index is 0.000000325. The Kier molecular flexibility index (Phi) is 6.16. The fourth-order valence-corrected chi connectivity index (χ4v) is 1.37. The highest BCUT2D eigenvalue weighted by molar-refractivity contribution is 5.80. The Morgan fingerprint density at radius 1 is 1.35 bits per heavy atom. The van der Waals surface area contributed by atoms with E-state index in [1.807, 2.05) is 27.7 Å². The zero-order valence-corrected chi connectivity index (χ0v) is 11.2. The molecule has 0 aliphatic carbocycles. The molecule has 0 aromatic heterocycles. The molecule has 0 spiro atoms. The third kappa shape index (κ3) is 6.94. The van der Waals surface area contributed by atoms with Gasteiger partial charge in [0.2, 0.25) is 5.91 Å². The van der Waals surface area contributed by atoms with Crippen LogP contribution in [0.4, 0.5) is 0 Å². The predicted octanol–water partition coefficient (Wildman–Crippen LogP) is 0.819. The summed E-state index contributed by atoms with van der Waals surface area (Å²) < 4.78 is 4.55. The van der Waals surface area contributed by atoms with Gasteiger partial charge in [0, 0.05) is 5.41 Å². The number of carbonyl (C=O) groups is 2. The van der Waals surface area contributed by atoms with Gasteiger partial charge in [-0.3, -0.25) is 9.59 Å². The summed E-state index contributed by atoms with van der Waals surface area (Å²) in [6.07, 6.45) is 1.75. The molecule has 5 nitrogen and oxygen atoms in total. The van der Waals surface area contributed by atoms with Crippen LogP contribution < -0.4 is 11.1 Å². The van der Waals surface area contributed by atoms with Gasteiger partial charge in [-0.2, -0.15) is 0 Å². The van der Waals surface area contributed by atoms with Crippen molar-refractivity contribution in [3.05, 3.63) is 0 Å². The van der Waals surface area contributed by atoms with Crippen molar-refractivity contribution in [1.29, 1.82) is 0 Å². The standard InChI is InChI=1S/C7H14N2O.C5H10O2/c1-7(6(8)10)2-4-9-5-3-7;1-5(2,3)7-4-6/h9H,2-5H2,1H3,(H2,8,10);4H,1-3H3. The van der Waals surface area contributed by atoms with Crippen molar-refractivity contribution in [2.24, 2.45) is 11.1 Å². The van der Waals surface area contributed by atoms with Crippen molar-refractivity contribution in [3.8, 4) is 0 Å². The van der Waals surface area contributed by atoms with Gasteiger partial charge in [-0.05, 0) is 46.7 Å². The van der Waals surface area contributed by atoms with Crippen LogP contribution in [0, 0.1) is 5.41 Å². The Morgan fingerprint density at radius 3 is 2.00 bits per heavy atom. The zero-order valence-electron chi connectivity index (χ0n) is 11.2. The molecule has 0 aromatic carbocycles. The van der Waals surface area contributed by atoms with Crippen molar-refractivity contribution >= 4 is 12.4 Å². The molecule has 0 saturated carbocycles. The van der Waals surface area contributed by atoms with Crippen LogP contribution in [0.25, 0.3) is 0 Å². The van der Waals surface area contributed by atoms with E-state index >= 15 is 0 Å². The number of nitrogens with two attached hydrogens (primary N) is 1. The van der Waals surface area contributed by atoms with Crippen LogP contribution in [0.3, 0.4) is 0 Å². The third-order valence-corrected chi connectivity index (χ3v) is 2.70. The zero-order chi connectivity index (χ0) is 13.5. The minimum Gasteiger partial charge on any atom is -0.462 e. The van der Waals surface area contributed by atoms with Crippen LogP contribution in [0.1, 0.15) is 40.5 Å². The van der Waals surface area contributed by atoms with Crippen molar-refractivity contribution < 1.29 is 14.3 Å². The summed E-state index contributed by atoms with van der Waals surface area (Å²) in [5.74, 6) is -0.158. The Labute approximate surface area is 103 Å². The van der Waals surface area contributed by atoms with E-state index in [-0.39, 0.29) is 16.9 Å². The fraction of sp³-hybridized carbons (Fsp3) is 0.833. The molecule has 17 heavy (non-hydrogen) atoms. The number of carbonyl (C=O) groups excluding carboxylic acids is 2. The second kappa shape index (κ2) is 6.59. The second-order valence-corrected chi connectivity index (χ2v) is 5.50. The Bertz CT molecular complexity index is 253. The lowest BCUT2D eigenvalue weighted by Gasteiger charge is -2.30. The maximum atomic E-state index is 10.9. The smallest absolute Gasteiger partial charge is 0.293 e. The molecule has 1 aliphatic heterocycles. The summed E-state index contributed by atoms with van der Waals surface area (Å²) >= 11 is 0. The van der Waals surface area contributed by atoms with Crippen LogP contribution in [-0.4, -0.2) is 31.1 Å². The summed E-state index contributed by atoms with van der Waals surface area (Å²) in [7, 11) is 0. The first-order chi connectivity index (χ1) is 7.71. The predicted molar refractivity (Wildman–Crippen MR) is 66.3 cm³/mol. The molecule has 0 radical (unpaired) electrons. The van der Waals surface area contributed by atoms with Gasteiger partial charge in [-0.25, -0.2) is 0 Å². The van der Waals surface area contributed by atoms with Gasteiger partial charge in [-0.1, -0.05) is 6.92 Å². The lowest BCUT2D eigenvalue weighted by molar-refractivity contribution is -0.138. The molecule has 1 saturated heterocycles. The summed E-state index contributed by atoms with van der Waals surface area (Å²) in [6.45, 7) is 9.69. The molecule has 1 fully saturated rings. The number of primary amides is 1. The summed E-state index contributed by atoms with van der Waals surface area (Å²) in [6, 6.07) is 0. The minimum atomic E-state index is -0.318. The quantitative estimate of drug-likeness (QED) is 0.705. The number of hydrogen-bond acceptors (Lipinski definition) is 4. The topological polar surface area (TPSA) is 81.4 Å². The maximum Gasteiger partial charge on any atom is 0.293 e. The van der Waals surface area contributed by atoms with Gasteiger partial charge < -0.3 is 15.8 Å². The molecule has 1 aliphatic rings. The second-order valence-electron chi connectivity index (χ2n) is 5.50. The van der Waals surface area contributed by atoms with Gasteiger partial charge >= 0.3 is 0 Å². The van der Waals surface area contributed by atoms with Gasteiger partial charge in [0.05, 0.1) is 0 Å². The highest BCUT2D eigenvalue weighted by atomic mass is 16.5. The molecular weight excluding hydrogens is 220 g/mol. The summed E-state index contributed by atoms with van der Waals surface area (Å²) in [4.78, 5) is 20.5. The number of piperidine rings is 1. The first-order valence-electron chi connectivity index (χ1n) is 5.83. The van der Waals surface area contributed by atoms with E-state index < -0.39 is 0 Å². The van der Waals surface area contributed by atoms with E-state index in [9.17, 15) is 9.59 Å². The van der Waals surface area contributed by atoms with Gasteiger partial charge in [-0.15, -0.1) is 0 Å². The first kappa shape index (κ1) is 15.9. The van der Waals surface area contributed by atoms with E-state index in [2.05, 4.69) is 10.1 Å². The molecular formula is C12H24N2O3. The van der Waals surface area contributed by atoms with Crippen LogP contribution in [0.5, 0.6) is 0 Å². The van der Waals surface area contributed by atoms with Crippen LogP contribution >= 0.6 is 0 Å². The molecule has 3 N–H and O–H groups in total. The lowest BCUT2D eigenvalue weighted by Crippen LogP contribution is -2.43. The average molecular weight is 244 g/mol. The highest BCUT2D eigenvalue weighted by Gasteiger charge is 2.32. The van der Waals surface area contributed by atoms with Crippen molar-refractivity contribution in [3.63, 3.8) is 0 Å². The molecule has 5 heteroatoms. The van der Waals surface area contributed by atoms with Crippen molar-refractivity contribution in [2.75, 3.05) is 13.1 Å². The summed E-state index contributed by atoms with van der Waals surface area (Å²) in [5.41, 5.74) is 4.67. The first-order valence-corrected chi connectivity index (χ1v) is 5.83. The molecule has 1 heterocycles. The SMILES string of the molecule is CC(C)(C)OC=O.CC1(C(N)=O)CCNCC1. The van der Waals surface area contributed by atoms with Crippen molar-refractivity contribution in [1.82, 2.24) is 5.32 Å². The van der Waals surface area contributed by atoms with Crippen LogP contribution in [-0.2, 0) is 14.3 Å². The van der Waals surface area contributed by atoms with E-state index in [1.165, 1.54) is 0 Å². The van der Waals surface area contributed by atoms with Crippen LogP contribution in [0.2, 0.25) is 0 Å². The Hall–Kier alpha value is -1.10. The van der Waals surface area contributed by atoms with E-state index in [0.717, 1.165) is 25.9 Å². The molecule has 0 unspecified atom stereocenters. The fourth-order valence-electron chi connectivity index (χ4n) is 1.37.